The predicted molar refractivity (Wildman–Crippen MR) is 124 cm³/mol. The van der Waals surface area contributed by atoms with Gasteiger partial charge in [-0.05, 0) is 24.6 Å². The number of nitrogens with zero attached hydrogens (tertiary/aromatic N) is 5. The second-order valence-corrected chi connectivity index (χ2v) is 8.52. The van der Waals surface area contributed by atoms with Crippen LogP contribution in [0.2, 0.25) is 0 Å². The van der Waals surface area contributed by atoms with Crippen LogP contribution < -0.4 is 9.22 Å². The van der Waals surface area contributed by atoms with Gasteiger partial charge in [0.15, 0.2) is 5.70 Å². The first-order chi connectivity index (χ1) is 15.0. The fourth-order valence-corrected chi connectivity index (χ4v) is 4.66. The number of aryl methyl sites for hydroxylation is 2. The molecule has 1 aliphatic heterocycles. The molecule has 31 heavy (non-hydrogen) atoms. The number of aromatic nitrogens is 4. The zero-order valence-corrected chi connectivity index (χ0v) is 18.7. The maximum absolute atomic E-state index is 5.50. The van der Waals surface area contributed by atoms with E-state index in [-0.39, 0.29) is 0 Å². The summed E-state index contributed by atoms with van der Waals surface area (Å²) >= 11 is 0. The standard InChI is InChI=1S/C24H28N5O2/c1-27-15-19(18-11-17(31-5)8-9-20(18)27)22-12-21-24(29(22,2)3)26-14-16-13-25-23(28(16)21)7-6-10-30-4/h8-9,11-15H,6-7,10H2,1-5H3/q+1. The second kappa shape index (κ2) is 7.21. The molecular formula is C24H28N5O2+. The molecule has 0 saturated heterocycles. The Bertz CT molecular complexity index is 1330. The third kappa shape index (κ3) is 2.96. The van der Waals surface area contributed by atoms with Crippen LogP contribution in [0.3, 0.4) is 0 Å². The molecule has 160 valence electrons. The average Bonchev–Trinajstić information content (AvgIpc) is 3.40. The van der Waals surface area contributed by atoms with Crippen molar-refractivity contribution in [3.05, 3.63) is 53.9 Å². The molecule has 0 amide bonds. The molecule has 7 heteroatoms. The van der Waals surface area contributed by atoms with Gasteiger partial charge in [-0.1, -0.05) is 0 Å². The Kier molecular flexibility index (Phi) is 4.60. The minimum absolute atomic E-state index is 0.567. The van der Waals surface area contributed by atoms with Crippen molar-refractivity contribution in [1.29, 1.82) is 0 Å². The van der Waals surface area contributed by atoms with E-state index in [1.54, 1.807) is 14.2 Å². The van der Waals surface area contributed by atoms with Crippen LogP contribution in [0.1, 0.15) is 23.5 Å². The lowest BCUT2D eigenvalue weighted by molar-refractivity contribution is 0.194. The van der Waals surface area contributed by atoms with E-state index in [1.807, 2.05) is 18.5 Å². The number of fused-ring (bicyclic) bond motifs is 4. The highest BCUT2D eigenvalue weighted by atomic mass is 16.5. The minimum Gasteiger partial charge on any atom is -0.497 e. The molecule has 3 aromatic heterocycles. The first-order valence-corrected chi connectivity index (χ1v) is 10.5. The van der Waals surface area contributed by atoms with Gasteiger partial charge in [-0.3, -0.25) is 4.40 Å². The average molecular weight is 419 g/mol. The number of imidazole rings is 1. The summed E-state index contributed by atoms with van der Waals surface area (Å²) in [7, 11) is 9.91. The fourth-order valence-electron chi connectivity index (χ4n) is 4.66. The summed E-state index contributed by atoms with van der Waals surface area (Å²) in [5.41, 5.74) is 5.68. The van der Waals surface area contributed by atoms with Gasteiger partial charge in [0.05, 0.1) is 44.7 Å². The summed E-state index contributed by atoms with van der Waals surface area (Å²) in [6.07, 6.45) is 10.1. The Morgan fingerprint density at radius 3 is 2.68 bits per heavy atom. The van der Waals surface area contributed by atoms with E-state index in [0.717, 1.165) is 48.1 Å². The van der Waals surface area contributed by atoms with Crippen molar-refractivity contribution in [3.63, 3.8) is 0 Å². The molecule has 4 heterocycles. The van der Waals surface area contributed by atoms with Gasteiger partial charge in [0.2, 0.25) is 0 Å². The molecule has 5 rings (SSSR count). The predicted octanol–water partition coefficient (Wildman–Crippen LogP) is 3.89. The van der Waals surface area contributed by atoms with Crippen molar-refractivity contribution < 1.29 is 9.47 Å². The van der Waals surface area contributed by atoms with Gasteiger partial charge in [-0.25, -0.2) is 14.5 Å². The minimum atomic E-state index is 0.567. The van der Waals surface area contributed by atoms with Crippen LogP contribution in [0.25, 0.3) is 28.2 Å². The lowest BCUT2D eigenvalue weighted by Gasteiger charge is -2.26. The molecule has 1 aliphatic rings. The van der Waals surface area contributed by atoms with Crippen molar-refractivity contribution >= 4 is 34.0 Å². The number of hydrogen-bond acceptors (Lipinski definition) is 4. The Balaban J connectivity index is 1.70. The Morgan fingerprint density at radius 1 is 1.10 bits per heavy atom. The van der Waals surface area contributed by atoms with Crippen molar-refractivity contribution in [2.24, 2.45) is 7.05 Å². The monoisotopic (exact) mass is 418 g/mol. The third-order valence-corrected chi connectivity index (χ3v) is 6.28. The lowest BCUT2D eigenvalue weighted by Crippen LogP contribution is -2.37. The molecule has 0 saturated carbocycles. The van der Waals surface area contributed by atoms with Gasteiger partial charge in [0.1, 0.15) is 17.3 Å². The number of quaternary nitrogens is 1. The van der Waals surface area contributed by atoms with Gasteiger partial charge in [-0.15, -0.1) is 0 Å². The van der Waals surface area contributed by atoms with E-state index in [0.29, 0.717) is 4.48 Å². The Morgan fingerprint density at radius 2 is 1.90 bits per heavy atom. The van der Waals surface area contributed by atoms with Crippen LogP contribution in [0.15, 0.2) is 36.8 Å². The maximum Gasteiger partial charge on any atom is 0.257 e. The van der Waals surface area contributed by atoms with E-state index in [1.165, 1.54) is 22.2 Å². The molecule has 4 aromatic rings. The number of ether oxygens (including phenoxy) is 2. The Hall–Kier alpha value is -3.16. The first kappa shape index (κ1) is 19.8. The largest absolute Gasteiger partial charge is 0.497 e. The van der Waals surface area contributed by atoms with Crippen LogP contribution >= 0.6 is 0 Å². The number of methoxy groups -OCH3 is 2. The zero-order valence-electron chi connectivity index (χ0n) is 18.7. The van der Waals surface area contributed by atoms with Crippen molar-refractivity contribution in [3.8, 4) is 5.75 Å². The van der Waals surface area contributed by atoms with Crippen LogP contribution in [0, 0.1) is 0 Å². The fraction of sp³-hybridized carbons (Fsp3) is 0.333. The molecule has 0 unspecified atom stereocenters. The maximum atomic E-state index is 5.50. The van der Waals surface area contributed by atoms with Crippen LogP contribution in [-0.4, -0.2) is 53.9 Å². The van der Waals surface area contributed by atoms with E-state index in [9.17, 15) is 0 Å². The highest BCUT2D eigenvalue weighted by molar-refractivity contribution is 6.03. The van der Waals surface area contributed by atoms with Gasteiger partial charge in [0.25, 0.3) is 5.82 Å². The highest BCUT2D eigenvalue weighted by Gasteiger charge is 2.39. The molecular weight excluding hydrogens is 390 g/mol. The van der Waals surface area contributed by atoms with Crippen LogP contribution in [-0.2, 0) is 18.2 Å². The number of rotatable bonds is 6. The van der Waals surface area contributed by atoms with E-state index < -0.39 is 0 Å². The second-order valence-electron chi connectivity index (χ2n) is 8.52. The van der Waals surface area contributed by atoms with Gasteiger partial charge >= 0.3 is 0 Å². The molecule has 0 aliphatic carbocycles. The van der Waals surface area contributed by atoms with Crippen molar-refractivity contribution in [1.82, 2.24) is 23.4 Å². The molecule has 0 N–H and O–H groups in total. The first-order valence-electron chi connectivity index (χ1n) is 10.5. The summed E-state index contributed by atoms with van der Waals surface area (Å²) in [5, 5.41) is 1.18. The Labute approximate surface area is 181 Å². The summed E-state index contributed by atoms with van der Waals surface area (Å²) in [4.78, 5) is 9.53. The normalized spacial score (nSPS) is 14.9. The molecule has 0 atom stereocenters. The molecule has 1 aromatic carbocycles. The van der Waals surface area contributed by atoms with Gasteiger partial charge in [0, 0.05) is 50.4 Å². The van der Waals surface area contributed by atoms with E-state index >= 15 is 0 Å². The molecule has 7 nitrogen and oxygen atoms in total. The van der Waals surface area contributed by atoms with E-state index in [2.05, 4.69) is 59.5 Å². The molecule has 0 spiro atoms. The summed E-state index contributed by atoms with van der Waals surface area (Å²) in [6.45, 7) is 0.725. The van der Waals surface area contributed by atoms with Gasteiger partial charge in [-0.2, -0.15) is 0 Å². The number of benzene rings is 1. The third-order valence-electron chi connectivity index (χ3n) is 6.28. The zero-order chi connectivity index (χ0) is 21.8. The summed E-state index contributed by atoms with van der Waals surface area (Å²) in [5.74, 6) is 2.92. The van der Waals surface area contributed by atoms with E-state index in [4.69, 9.17) is 14.5 Å². The summed E-state index contributed by atoms with van der Waals surface area (Å²) in [6, 6.07) is 6.23. The van der Waals surface area contributed by atoms with Crippen molar-refractivity contribution in [2.75, 3.05) is 34.9 Å². The topological polar surface area (TPSA) is 53.6 Å². The molecule has 0 fully saturated rings. The van der Waals surface area contributed by atoms with Crippen LogP contribution in [0.4, 0.5) is 5.82 Å². The summed E-state index contributed by atoms with van der Waals surface area (Å²) < 4.78 is 15.7. The SMILES string of the molecule is COCCCc1ncc2cnc3c(n12)C=C(c1cn(C)c2ccc(OC)cc12)[N+]3(C)C. The van der Waals surface area contributed by atoms with Crippen molar-refractivity contribution in [2.45, 2.75) is 12.8 Å². The highest BCUT2D eigenvalue weighted by Crippen LogP contribution is 2.43. The smallest absolute Gasteiger partial charge is 0.257 e. The number of hydrogen-bond donors (Lipinski definition) is 0. The quantitative estimate of drug-likeness (QED) is 0.352. The van der Waals surface area contributed by atoms with Crippen LogP contribution in [0.5, 0.6) is 5.75 Å². The van der Waals surface area contributed by atoms with Gasteiger partial charge < -0.3 is 14.0 Å². The molecule has 0 bridgehead atoms. The lowest BCUT2D eigenvalue weighted by atomic mass is 10.1. The molecule has 0 radical (unpaired) electrons.